The maximum absolute atomic E-state index is 4.97. The minimum Gasteiger partial charge on any atom is -0.467 e. The van der Waals surface area contributed by atoms with Gasteiger partial charge in [-0.25, -0.2) is 9.97 Å². The van der Waals surface area contributed by atoms with Crippen LogP contribution in [0.3, 0.4) is 0 Å². The van der Waals surface area contributed by atoms with E-state index in [1.165, 1.54) is 5.56 Å². The Kier molecular flexibility index (Phi) is 6.05. The number of rotatable bonds is 7. The minimum atomic E-state index is 0.431. The smallest absolute Gasteiger partial charge is 0.316 e. The van der Waals surface area contributed by atoms with Gasteiger partial charge in [-0.15, -0.1) is 0 Å². The molecule has 0 amide bonds. The van der Waals surface area contributed by atoms with Crippen molar-refractivity contribution in [2.75, 3.05) is 13.7 Å². The van der Waals surface area contributed by atoms with Crippen molar-refractivity contribution in [2.45, 2.75) is 40.2 Å². The van der Waals surface area contributed by atoms with E-state index >= 15 is 0 Å². The summed E-state index contributed by atoms with van der Waals surface area (Å²) < 4.78 is 4.97. The Labute approximate surface area is 110 Å². The Morgan fingerprint density at radius 1 is 1.17 bits per heavy atom. The van der Waals surface area contributed by atoms with Crippen LogP contribution in [0.1, 0.15) is 33.3 Å². The van der Waals surface area contributed by atoms with E-state index < -0.39 is 0 Å². The molecule has 0 aliphatic heterocycles. The van der Waals surface area contributed by atoms with Gasteiger partial charge in [0.25, 0.3) is 0 Å². The summed E-state index contributed by atoms with van der Waals surface area (Å²) in [6, 6.07) is 0.957. The molecule has 0 saturated carbocycles. The SMILES string of the molecule is COc1ncc(CC(CNC(C)C)C(C)C)cn1. The minimum absolute atomic E-state index is 0.431. The van der Waals surface area contributed by atoms with Crippen molar-refractivity contribution in [3.05, 3.63) is 18.0 Å². The van der Waals surface area contributed by atoms with Gasteiger partial charge in [-0.1, -0.05) is 27.7 Å². The van der Waals surface area contributed by atoms with Gasteiger partial charge < -0.3 is 10.1 Å². The first-order valence-corrected chi connectivity index (χ1v) is 6.61. The molecule has 1 atom stereocenters. The van der Waals surface area contributed by atoms with Crippen LogP contribution >= 0.6 is 0 Å². The highest BCUT2D eigenvalue weighted by Gasteiger charge is 2.15. The Morgan fingerprint density at radius 3 is 2.22 bits per heavy atom. The van der Waals surface area contributed by atoms with Gasteiger partial charge in [0.1, 0.15) is 0 Å². The van der Waals surface area contributed by atoms with Crippen LogP contribution in [0.4, 0.5) is 0 Å². The summed E-state index contributed by atoms with van der Waals surface area (Å²) in [5.41, 5.74) is 1.17. The molecule has 18 heavy (non-hydrogen) atoms. The molecule has 1 aromatic heterocycles. The van der Waals surface area contributed by atoms with Crippen LogP contribution in [-0.4, -0.2) is 29.7 Å². The summed E-state index contributed by atoms with van der Waals surface area (Å²) in [4.78, 5) is 8.30. The van der Waals surface area contributed by atoms with Crippen molar-refractivity contribution >= 4 is 0 Å². The summed E-state index contributed by atoms with van der Waals surface area (Å²) in [6.07, 6.45) is 4.72. The molecule has 0 spiro atoms. The summed E-state index contributed by atoms with van der Waals surface area (Å²) in [5, 5.41) is 3.50. The van der Waals surface area contributed by atoms with Gasteiger partial charge in [-0.2, -0.15) is 0 Å². The van der Waals surface area contributed by atoms with Crippen LogP contribution in [0.5, 0.6) is 6.01 Å². The molecular formula is C14H25N3O. The van der Waals surface area contributed by atoms with Crippen LogP contribution in [-0.2, 0) is 6.42 Å². The molecule has 1 unspecified atom stereocenters. The largest absolute Gasteiger partial charge is 0.467 e. The highest BCUT2D eigenvalue weighted by molar-refractivity contribution is 5.08. The fourth-order valence-electron chi connectivity index (χ4n) is 1.79. The van der Waals surface area contributed by atoms with Crippen molar-refractivity contribution in [1.29, 1.82) is 0 Å². The third-order valence-electron chi connectivity index (χ3n) is 3.09. The molecule has 4 nitrogen and oxygen atoms in total. The molecule has 0 aromatic carbocycles. The second kappa shape index (κ2) is 7.31. The molecule has 1 N–H and O–H groups in total. The van der Waals surface area contributed by atoms with E-state index in [0.29, 0.717) is 23.9 Å². The zero-order valence-electron chi connectivity index (χ0n) is 12.1. The van der Waals surface area contributed by atoms with E-state index in [0.717, 1.165) is 13.0 Å². The monoisotopic (exact) mass is 251 g/mol. The number of nitrogens with zero attached hydrogens (tertiary/aromatic N) is 2. The summed E-state index contributed by atoms with van der Waals surface area (Å²) >= 11 is 0. The Hall–Kier alpha value is -1.16. The number of hydrogen-bond donors (Lipinski definition) is 1. The highest BCUT2D eigenvalue weighted by atomic mass is 16.5. The van der Waals surface area contributed by atoms with E-state index in [4.69, 9.17) is 4.74 Å². The summed E-state index contributed by atoms with van der Waals surface area (Å²) in [7, 11) is 1.58. The average molecular weight is 251 g/mol. The second-order valence-corrected chi connectivity index (χ2v) is 5.35. The predicted octanol–water partition coefficient (Wildman–Crippen LogP) is 2.30. The Bertz CT molecular complexity index is 335. The van der Waals surface area contributed by atoms with E-state index in [1.807, 2.05) is 12.4 Å². The van der Waals surface area contributed by atoms with Crippen LogP contribution in [0.25, 0.3) is 0 Å². The highest BCUT2D eigenvalue weighted by Crippen LogP contribution is 2.16. The Morgan fingerprint density at radius 2 is 1.78 bits per heavy atom. The molecule has 1 heterocycles. The zero-order chi connectivity index (χ0) is 13.5. The molecule has 0 fully saturated rings. The molecule has 0 aliphatic rings. The van der Waals surface area contributed by atoms with Gasteiger partial charge in [0, 0.05) is 18.4 Å². The molecule has 0 bridgehead atoms. The first kappa shape index (κ1) is 14.9. The van der Waals surface area contributed by atoms with Crippen LogP contribution in [0.15, 0.2) is 12.4 Å². The van der Waals surface area contributed by atoms with Crippen LogP contribution < -0.4 is 10.1 Å². The van der Waals surface area contributed by atoms with Crippen molar-refractivity contribution in [1.82, 2.24) is 15.3 Å². The van der Waals surface area contributed by atoms with E-state index in [-0.39, 0.29) is 0 Å². The summed E-state index contributed by atoms with van der Waals surface area (Å²) in [6.45, 7) is 9.90. The topological polar surface area (TPSA) is 47.0 Å². The lowest BCUT2D eigenvalue weighted by molar-refractivity contribution is 0.347. The fraction of sp³-hybridized carbons (Fsp3) is 0.714. The molecule has 4 heteroatoms. The average Bonchev–Trinajstić information content (AvgIpc) is 2.34. The van der Waals surface area contributed by atoms with Gasteiger partial charge in [0.15, 0.2) is 0 Å². The van der Waals surface area contributed by atoms with Crippen molar-refractivity contribution in [3.63, 3.8) is 0 Å². The lowest BCUT2D eigenvalue weighted by atomic mass is 9.90. The third-order valence-corrected chi connectivity index (χ3v) is 3.09. The maximum Gasteiger partial charge on any atom is 0.316 e. The van der Waals surface area contributed by atoms with Crippen molar-refractivity contribution in [3.8, 4) is 6.01 Å². The van der Waals surface area contributed by atoms with Gasteiger partial charge >= 0.3 is 6.01 Å². The van der Waals surface area contributed by atoms with Crippen LogP contribution in [0.2, 0.25) is 0 Å². The molecule has 0 saturated heterocycles. The first-order valence-electron chi connectivity index (χ1n) is 6.61. The first-order chi connectivity index (χ1) is 8.52. The third kappa shape index (κ3) is 5.00. The van der Waals surface area contributed by atoms with Crippen molar-refractivity contribution < 1.29 is 4.74 Å². The van der Waals surface area contributed by atoms with Gasteiger partial charge in [-0.3, -0.25) is 0 Å². The molecular weight excluding hydrogens is 226 g/mol. The predicted molar refractivity (Wildman–Crippen MR) is 73.8 cm³/mol. The number of hydrogen-bond acceptors (Lipinski definition) is 4. The number of methoxy groups -OCH3 is 1. The maximum atomic E-state index is 4.97. The molecule has 102 valence electrons. The molecule has 0 aliphatic carbocycles. The quantitative estimate of drug-likeness (QED) is 0.807. The van der Waals surface area contributed by atoms with Crippen LogP contribution in [0, 0.1) is 11.8 Å². The normalized spacial score (nSPS) is 13.1. The van der Waals surface area contributed by atoms with Gasteiger partial charge in [-0.05, 0) is 30.4 Å². The fourth-order valence-corrected chi connectivity index (χ4v) is 1.79. The Balaban J connectivity index is 2.58. The summed E-state index contributed by atoms with van der Waals surface area (Å²) in [5.74, 6) is 1.24. The second-order valence-electron chi connectivity index (χ2n) is 5.35. The van der Waals surface area contributed by atoms with Crippen molar-refractivity contribution in [2.24, 2.45) is 11.8 Å². The lowest BCUT2D eigenvalue weighted by Gasteiger charge is -2.22. The van der Waals surface area contributed by atoms with Gasteiger partial charge in [0.05, 0.1) is 7.11 Å². The van der Waals surface area contributed by atoms with E-state index in [2.05, 4.69) is 43.0 Å². The standard InChI is InChI=1S/C14H25N3O/c1-10(2)13(9-15-11(3)4)6-12-7-16-14(18-5)17-8-12/h7-8,10-11,13,15H,6,9H2,1-5H3. The molecule has 0 radical (unpaired) electrons. The van der Waals surface area contributed by atoms with E-state index in [1.54, 1.807) is 7.11 Å². The number of ether oxygens (including phenoxy) is 1. The van der Waals surface area contributed by atoms with E-state index in [9.17, 15) is 0 Å². The number of aromatic nitrogens is 2. The lowest BCUT2D eigenvalue weighted by Crippen LogP contribution is -2.32. The zero-order valence-corrected chi connectivity index (χ0v) is 12.1. The van der Waals surface area contributed by atoms with Gasteiger partial charge in [0.2, 0.25) is 0 Å². The molecule has 1 aromatic rings. The molecule has 1 rings (SSSR count). The number of nitrogens with one attached hydrogen (secondary N) is 1.